The summed E-state index contributed by atoms with van der Waals surface area (Å²) in [6.07, 6.45) is 1.15. The van der Waals surface area contributed by atoms with Crippen LogP contribution in [-0.4, -0.2) is 40.3 Å². The Hall–Kier alpha value is -2.74. The molecule has 0 atom stereocenters. The fourth-order valence-corrected chi connectivity index (χ4v) is 3.51. The van der Waals surface area contributed by atoms with E-state index >= 15 is 0 Å². The van der Waals surface area contributed by atoms with Gasteiger partial charge in [0.1, 0.15) is 18.1 Å². The zero-order valence-corrected chi connectivity index (χ0v) is 15.4. The third-order valence-corrected chi connectivity index (χ3v) is 5.04. The van der Waals surface area contributed by atoms with Gasteiger partial charge in [-0.15, -0.1) is 0 Å². The molecule has 8 heteroatoms. The van der Waals surface area contributed by atoms with E-state index in [1.165, 1.54) is 4.31 Å². The van der Waals surface area contributed by atoms with Crippen LogP contribution < -0.4 is 19.1 Å². The van der Waals surface area contributed by atoms with Crippen molar-refractivity contribution in [2.24, 2.45) is 0 Å². The van der Waals surface area contributed by atoms with Crippen LogP contribution in [0, 0.1) is 6.92 Å². The summed E-state index contributed by atoms with van der Waals surface area (Å²) in [5.74, 6) is 0.712. The van der Waals surface area contributed by atoms with Gasteiger partial charge in [-0.2, -0.15) is 0 Å². The molecule has 0 aromatic heterocycles. The Morgan fingerprint density at radius 1 is 1.23 bits per heavy atom. The number of nitrogens with one attached hydrogen (secondary N) is 1. The van der Waals surface area contributed by atoms with Crippen LogP contribution >= 0.6 is 0 Å². The topological polar surface area (TPSA) is 84.9 Å². The maximum Gasteiger partial charge on any atom is 0.262 e. The zero-order chi connectivity index (χ0) is 18.7. The van der Waals surface area contributed by atoms with Crippen LogP contribution in [0.15, 0.2) is 42.5 Å². The van der Waals surface area contributed by atoms with E-state index in [-0.39, 0.29) is 25.7 Å². The van der Waals surface area contributed by atoms with Crippen LogP contribution in [0.2, 0.25) is 0 Å². The van der Waals surface area contributed by atoms with Crippen molar-refractivity contribution in [2.75, 3.05) is 35.6 Å². The molecule has 0 aliphatic carbocycles. The van der Waals surface area contributed by atoms with Gasteiger partial charge in [0.05, 0.1) is 18.5 Å². The molecule has 1 aliphatic rings. The van der Waals surface area contributed by atoms with Gasteiger partial charge >= 0.3 is 0 Å². The zero-order valence-electron chi connectivity index (χ0n) is 14.6. The van der Waals surface area contributed by atoms with Gasteiger partial charge in [0, 0.05) is 11.8 Å². The summed E-state index contributed by atoms with van der Waals surface area (Å²) in [4.78, 5) is 12.1. The van der Waals surface area contributed by atoms with E-state index in [4.69, 9.17) is 9.47 Å². The summed E-state index contributed by atoms with van der Waals surface area (Å²) in [5, 5.41) is 2.72. The number of nitrogens with zero attached hydrogens (tertiary/aromatic N) is 1. The van der Waals surface area contributed by atoms with Crippen LogP contribution in [0.5, 0.6) is 11.5 Å². The number of carbonyl (C=O) groups is 1. The molecule has 2 aromatic carbocycles. The summed E-state index contributed by atoms with van der Waals surface area (Å²) in [6.45, 7) is 2.37. The Bertz CT molecular complexity index is 910. The second-order valence-corrected chi connectivity index (χ2v) is 7.92. The molecule has 0 radical (unpaired) electrons. The number of anilines is 2. The SMILES string of the molecule is Cc1ccc(OCC(=O)Nc2ccc3c(c2)OCCN3S(C)(=O)=O)cc1. The van der Waals surface area contributed by atoms with Crippen molar-refractivity contribution in [1.29, 1.82) is 0 Å². The van der Waals surface area contributed by atoms with Gasteiger partial charge < -0.3 is 14.8 Å². The van der Waals surface area contributed by atoms with Crippen LogP contribution in [0.3, 0.4) is 0 Å². The molecule has 0 spiro atoms. The summed E-state index contributed by atoms with van der Waals surface area (Å²) < 4.78 is 35.9. The maximum absolute atomic E-state index is 12.1. The fraction of sp³-hybridized carbons (Fsp3) is 0.278. The Labute approximate surface area is 152 Å². The number of benzene rings is 2. The van der Waals surface area contributed by atoms with Crippen molar-refractivity contribution in [3.8, 4) is 11.5 Å². The van der Waals surface area contributed by atoms with Crippen LogP contribution in [0.25, 0.3) is 0 Å². The van der Waals surface area contributed by atoms with Gasteiger partial charge in [0.15, 0.2) is 6.61 Å². The molecule has 26 heavy (non-hydrogen) atoms. The van der Waals surface area contributed by atoms with Gasteiger partial charge in [0.2, 0.25) is 10.0 Å². The summed E-state index contributed by atoms with van der Waals surface area (Å²) in [6, 6.07) is 12.3. The van der Waals surface area contributed by atoms with Crippen molar-refractivity contribution in [1.82, 2.24) is 0 Å². The molecule has 0 unspecified atom stereocenters. The average Bonchev–Trinajstić information content (AvgIpc) is 2.60. The van der Waals surface area contributed by atoms with Crippen molar-refractivity contribution >= 4 is 27.3 Å². The highest BCUT2D eigenvalue weighted by atomic mass is 32.2. The fourth-order valence-electron chi connectivity index (χ4n) is 2.60. The van der Waals surface area contributed by atoms with Gasteiger partial charge in [-0.25, -0.2) is 8.42 Å². The van der Waals surface area contributed by atoms with E-state index < -0.39 is 10.0 Å². The van der Waals surface area contributed by atoms with Crippen LogP contribution in [0.1, 0.15) is 5.56 Å². The van der Waals surface area contributed by atoms with Crippen LogP contribution in [-0.2, 0) is 14.8 Å². The van der Waals surface area contributed by atoms with Crippen LogP contribution in [0.4, 0.5) is 11.4 Å². The lowest BCUT2D eigenvalue weighted by molar-refractivity contribution is -0.118. The number of rotatable bonds is 5. The Morgan fingerprint density at radius 2 is 1.96 bits per heavy atom. The number of hydrogen-bond acceptors (Lipinski definition) is 5. The Morgan fingerprint density at radius 3 is 2.65 bits per heavy atom. The Balaban J connectivity index is 1.65. The molecule has 0 fully saturated rings. The highest BCUT2D eigenvalue weighted by Crippen LogP contribution is 2.35. The molecule has 1 amide bonds. The van der Waals surface area contributed by atoms with Crippen molar-refractivity contribution in [3.05, 3.63) is 48.0 Å². The van der Waals surface area contributed by atoms with E-state index in [9.17, 15) is 13.2 Å². The first kappa shape index (κ1) is 18.1. The molecule has 2 aromatic rings. The molecule has 0 saturated carbocycles. The van der Waals surface area contributed by atoms with E-state index in [2.05, 4.69) is 5.32 Å². The maximum atomic E-state index is 12.1. The standard InChI is InChI=1S/C18H20N2O5S/c1-13-3-6-15(7-4-13)25-12-18(21)19-14-5-8-16-17(11-14)24-10-9-20(16)26(2,22)23/h3-8,11H,9-10,12H2,1-2H3,(H,19,21). The number of ether oxygens (including phenoxy) is 2. The summed E-state index contributed by atoms with van der Waals surface area (Å²) >= 11 is 0. The highest BCUT2D eigenvalue weighted by molar-refractivity contribution is 7.92. The molecule has 7 nitrogen and oxygen atoms in total. The minimum atomic E-state index is -3.37. The van der Waals surface area contributed by atoms with E-state index in [0.717, 1.165) is 11.8 Å². The monoisotopic (exact) mass is 376 g/mol. The molecule has 0 bridgehead atoms. The lowest BCUT2D eigenvalue weighted by Crippen LogP contribution is -2.37. The first-order valence-electron chi connectivity index (χ1n) is 8.07. The number of fused-ring (bicyclic) bond motifs is 1. The Kier molecular flexibility index (Phi) is 5.03. The second-order valence-electron chi connectivity index (χ2n) is 6.02. The second kappa shape index (κ2) is 7.25. The summed E-state index contributed by atoms with van der Waals surface area (Å²) in [7, 11) is -3.37. The third-order valence-electron chi connectivity index (χ3n) is 3.86. The first-order chi connectivity index (χ1) is 12.3. The van der Waals surface area contributed by atoms with Crippen molar-refractivity contribution in [2.45, 2.75) is 6.92 Å². The van der Waals surface area contributed by atoms with E-state index in [1.807, 2.05) is 19.1 Å². The number of sulfonamides is 1. The van der Waals surface area contributed by atoms with Gasteiger partial charge in [0.25, 0.3) is 5.91 Å². The first-order valence-corrected chi connectivity index (χ1v) is 9.91. The normalized spacial score (nSPS) is 13.5. The van der Waals surface area contributed by atoms with E-state index in [1.54, 1.807) is 30.3 Å². The predicted octanol–water partition coefficient (Wildman–Crippen LogP) is 2.17. The van der Waals surface area contributed by atoms with Crippen molar-refractivity contribution < 1.29 is 22.7 Å². The number of hydrogen-bond donors (Lipinski definition) is 1. The quantitative estimate of drug-likeness (QED) is 0.864. The predicted molar refractivity (Wildman–Crippen MR) is 99.4 cm³/mol. The number of aryl methyl sites for hydroxylation is 1. The minimum absolute atomic E-state index is 0.129. The molecule has 0 saturated heterocycles. The molecule has 1 N–H and O–H groups in total. The number of carbonyl (C=O) groups excluding carboxylic acids is 1. The molecule has 3 rings (SSSR count). The lowest BCUT2D eigenvalue weighted by Gasteiger charge is -2.29. The van der Waals surface area contributed by atoms with Crippen molar-refractivity contribution in [3.63, 3.8) is 0 Å². The van der Waals surface area contributed by atoms with E-state index in [0.29, 0.717) is 22.9 Å². The molecular formula is C18H20N2O5S. The number of amides is 1. The van der Waals surface area contributed by atoms with Gasteiger partial charge in [-0.3, -0.25) is 9.10 Å². The molecule has 1 heterocycles. The lowest BCUT2D eigenvalue weighted by atomic mass is 10.2. The molecule has 138 valence electrons. The summed E-state index contributed by atoms with van der Waals surface area (Å²) in [5.41, 5.74) is 2.09. The average molecular weight is 376 g/mol. The van der Waals surface area contributed by atoms with Gasteiger partial charge in [-0.05, 0) is 31.2 Å². The molecule has 1 aliphatic heterocycles. The minimum Gasteiger partial charge on any atom is -0.489 e. The highest BCUT2D eigenvalue weighted by Gasteiger charge is 2.25. The smallest absolute Gasteiger partial charge is 0.262 e. The largest absolute Gasteiger partial charge is 0.489 e. The molecular weight excluding hydrogens is 356 g/mol. The third kappa shape index (κ3) is 4.26. The van der Waals surface area contributed by atoms with Gasteiger partial charge in [-0.1, -0.05) is 17.7 Å².